The van der Waals surface area contributed by atoms with Crippen molar-refractivity contribution in [3.8, 4) is 0 Å². The van der Waals surface area contributed by atoms with Gasteiger partial charge in [-0.15, -0.1) is 0 Å². The maximum atomic E-state index is 3.00. The van der Waals surface area contributed by atoms with Crippen LogP contribution in [-0.4, -0.2) is 100 Å². The average Bonchev–Trinajstić information content (AvgIpc) is 2.43. The zero-order valence-corrected chi connectivity index (χ0v) is 18.1. The normalized spacial score (nSPS) is 23.3. The quantitative estimate of drug-likeness (QED) is 0.499. The van der Waals surface area contributed by atoms with Gasteiger partial charge in [0.25, 0.3) is 0 Å². The van der Waals surface area contributed by atoms with Gasteiger partial charge >= 0.3 is 39.3 Å². The maximum absolute atomic E-state index is 3.00. The van der Waals surface area contributed by atoms with E-state index in [1.165, 1.54) is 76.1 Å². The summed E-state index contributed by atoms with van der Waals surface area (Å²) in [6.07, 6.45) is 2.56. The number of rotatable bonds is 0. The van der Waals surface area contributed by atoms with E-state index < -0.39 is 0 Å². The van der Waals surface area contributed by atoms with Crippen LogP contribution >= 0.6 is 28.5 Å². The molecule has 0 spiro atoms. The first-order valence-corrected chi connectivity index (χ1v) is 12.4. The first-order chi connectivity index (χ1) is 9.99. The number of hydrogen-bond acceptors (Lipinski definition) is 4. The molecule has 21 heavy (non-hydrogen) atoms. The molecule has 1 fully saturated rings. The van der Waals surface area contributed by atoms with Crippen molar-refractivity contribution in [3.63, 3.8) is 0 Å². The van der Waals surface area contributed by atoms with Gasteiger partial charge in [-0.25, -0.2) is 0 Å². The summed E-state index contributed by atoms with van der Waals surface area (Å²) in [4.78, 5) is 9.84. The molecule has 1 heterocycles. The SMILES string of the molecule is CN1CCCN(C)CCN(C)CCCN(C)CC1.[Br][Ni][Br]. The van der Waals surface area contributed by atoms with Crippen LogP contribution in [-0.2, 0) is 10.9 Å². The minimum atomic E-state index is 1.19. The molecule has 7 heteroatoms. The van der Waals surface area contributed by atoms with E-state index in [4.69, 9.17) is 0 Å². The van der Waals surface area contributed by atoms with Crippen molar-refractivity contribution in [2.45, 2.75) is 12.8 Å². The van der Waals surface area contributed by atoms with Crippen molar-refractivity contribution in [1.82, 2.24) is 19.6 Å². The summed E-state index contributed by atoms with van der Waals surface area (Å²) < 4.78 is 0. The van der Waals surface area contributed by atoms with E-state index in [2.05, 4.69) is 76.2 Å². The second-order valence-corrected chi connectivity index (χ2v) is 10.9. The Balaban J connectivity index is 0.00000122. The summed E-state index contributed by atoms with van der Waals surface area (Å²) >= 11 is 6.00. The Morgan fingerprint density at radius 2 is 0.714 bits per heavy atom. The van der Waals surface area contributed by atoms with E-state index in [-0.39, 0.29) is 0 Å². The number of nitrogens with zero attached hydrogens (tertiary/aromatic N) is 4. The van der Waals surface area contributed by atoms with Gasteiger partial charge in [0.2, 0.25) is 0 Å². The van der Waals surface area contributed by atoms with Crippen molar-refractivity contribution >= 4 is 28.5 Å². The fraction of sp³-hybridized carbons (Fsp3) is 1.00. The molecular weight excluding hydrogens is 443 g/mol. The van der Waals surface area contributed by atoms with Crippen LogP contribution in [0.1, 0.15) is 12.8 Å². The molecule has 0 N–H and O–H groups in total. The molecule has 0 aliphatic carbocycles. The Hall–Kier alpha value is 1.29. The van der Waals surface area contributed by atoms with Crippen molar-refractivity contribution in [2.75, 3.05) is 80.5 Å². The van der Waals surface area contributed by atoms with E-state index in [0.29, 0.717) is 0 Å². The molecule has 4 nitrogen and oxygen atoms in total. The van der Waals surface area contributed by atoms with Crippen LogP contribution < -0.4 is 0 Å². The summed E-state index contributed by atoms with van der Waals surface area (Å²) in [6, 6.07) is 0. The van der Waals surface area contributed by atoms with Crippen molar-refractivity contribution < 1.29 is 10.9 Å². The Morgan fingerprint density at radius 1 is 0.524 bits per heavy atom. The molecule has 0 unspecified atom stereocenters. The molecular formula is C14H32Br2N4Ni. The summed E-state index contributed by atoms with van der Waals surface area (Å²) in [5.74, 6) is 0. The average molecular weight is 475 g/mol. The fourth-order valence-corrected chi connectivity index (χ4v) is 2.35. The van der Waals surface area contributed by atoms with Gasteiger partial charge in [0, 0.05) is 26.2 Å². The second-order valence-electron chi connectivity index (χ2n) is 5.97. The zero-order chi connectivity index (χ0) is 16.1. The fourth-order valence-electron chi connectivity index (χ4n) is 2.35. The molecule has 1 aliphatic heterocycles. The molecule has 0 aromatic rings. The number of likely N-dealkylation sites (N-methyl/N-ethyl adjacent to an activating group) is 4. The standard InChI is InChI=1S/C14H32N4.2BrH.Ni/c1-15-7-5-8-17(3)13-14-18(4)10-6-9-16(2)12-11-15;;;/h5-14H2,1-4H3;2*1H;/q;;;+2/p-2. The van der Waals surface area contributed by atoms with Gasteiger partial charge in [-0.1, -0.05) is 0 Å². The third-order valence-electron chi connectivity index (χ3n) is 3.89. The summed E-state index contributed by atoms with van der Waals surface area (Å²) in [7, 11) is 10.2. The first kappa shape index (κ1) is 22.3. The van der Waals surface area contributed by atoms with Gasteiger partial charge in [-0.2, -0.15) is 0 Å². The Labute approximate surface area is 151 Å². The Bertz CT molecular complexity index is 195. The third-order valence-corrected chi connectivity index (χ3v) is 3.89. The predicted octanol–water partition coefficient (Wildman–Crippen LogP) is 2.20. The van der Waals surface area contributed by atoms with Crippen LogP contribution in [0.3, 0.4) is 0 Å². The van der Waals surface area contributed by atoms with E-state index in [1.54, 1.807) is 0 Å². The van der Waals surface area contributed by atoms with Crippen LogP contribution in [0.25, 0.3) is 0 Å². The molecule has 0 aromatic heterocycles. The monoisotopic (exact) mass is 472 g/mol. The van der Waals surface area contributed by atoms with Gasteiger partial charge < -0.3 is 19.6 Å². The molecule has 1 aliphatic rings. The van der Waals surface area contributed by atoms with Crippen LogP contribution in [0.15, 0.2) is 0 Å². The number of halogens is 2. The predicted molar refractivity (Wildman–Crippen MR) is 97.1 cm³/mol. The van der Waals surface area contributed by atoms with E-state index in [9.17, 15) is 0 Å². The van der Waals surface area contributed by atoms with E-state index >= 15 is 0 Å². The summed E-state index contributed by atoms with van der Waals surface area (Å²) in [6.45, 7) is 9.63. The van der Waals surface area contributed by atoms with Gasteiger partial charge in [0.1, 0.15) is 0 Å². The Morgan fingerprint density at radius 3 is 0.905 bits per heavy atom. The molecule has 0 bridgehead atoms. The topological polar surface area (TPSA) is 13.0 Å². The van der Waals surface area contributed by atoms with Crippen LogP contribution in [0.4, 0.5) is 0 Å². The second kappa shape index (κ2) is 14.9. The molecule has 0 saturated carbocycles. The summed E-state index contributed by atoms with van der Waals surface area (Å²) in [5.41, 5.74) is 0. The molecule has 0 atom stereocenters. The third kappa shape index (κ3) is 14.6. The van der Waals surface area contributed by atoms with Crippen LogP contribution in [0.5, 0.6) is 0 Å². The molecule has 1 saturated heterocycles. The van der Waals surface area contributed by atoms with Gasteiger partial charge in [-0.05, 0) is 67.2 Å². The molecule has 132 valence electrons. The molecule has 0 radical (unpaired) electrons. The van der Waals surface area contributed by atoms with Gasteiger partial charge in [0.05, 0.1) is 0 Å². The van der Waals surface area contributed by atoms with Gasteiger partial charge in [-0.3, -0.25) is 0 Å². The van der Waals surface area contributed by atoms with Crippen molar-refractivity contribution in [1.29, 1.82) is 0 Å². The molecule has 0 amide bonds. The van der Waals surface area contributed by atoms with Crippen LogP contribution in [0.2, 0.25) is 0 Å². The zero-order valence-electron chi connectivity index (χ0n) is 13.9. The van der Waals surface area contributed by atoms with E-state index in [0.717, 1.165) is 0 Å². The van der Waals surface area contributed by atoms with Crippen molar-refractivity contribution in [2.24, 2.45) is 0 Å². The summed E-state index contributed by atoms with van der Waals surface area (Å²) in [5, 5.41) is 0. The van der Waals surface area contributed by atoms with Crippen LogP contribution in [0, 0.1) is 0 Å². The van der Waals surface area contributed by atoms with E-state index in [1.807, 2.05) is 0 Å². The molecule has 1 rings (SSSR count). The first-order valence-electron chi connectivity index (χ1n) is 7.56. The molecule has 0 aromatic carbocycles. The minimum absolute atomic E-state index is 1.19. The Kier molecular flexibility index (Phi) is 15.8. The van der Waals surface area contributed by atoms with Gasteiger partial charge in [0.15, 0.2) is 0 Å². The van der Waals surface area contributed by atoms with Crippen molar-refractivity contribution in [3.05, 3.63) is 0 Å². The number of hydrogen-bond donors (Lipinski definition) is 0.